The van der Waals surface area contributed by atoms with Crippen molar-refractivity contribution in [2.75, 3.05) is 11.5 Å². The van der Waals surface area contributed by atoms with Crippen molar-refractivity contribution in [2.24, 2.45) is 0 Å². The van der Waals surface area contributed by atoms with Gasteiger partial charge in [0.05, 0.1) is 11.0 Å². The fourth-order valence-corrected chi connectivity index (χ4v) is 3.03. The van der Waals surface area contributed by atoms with E-state index in [2.05, 4.69) is 12.0 Å². The van der Waals surface area contributed by atoms with Gasteiger partial charge in [0, 0.05) is 5.25 Å². The highest BCUT2D eigenvalue weighted by Crippen LogP contribution is 2.37. The highest BCUT2D eigenvalue weighted by atomic mass is 32.2. The van der Waals surface area contributed by atoms with Crippen LogP contribution in [0.3, 0.4) is 0 Å². The Hall–Kier alpha value is -1.24. The zero-order valence-electron chi connectivity index (χ0n) is 8.29. The molecule has 0 amide bonds. The summed E-state index contributed by atoms with van der Waals surface area (Å²) in [6, 6.07) is 0.184. The van der Waals surface area contributed by atoms with Crippen LogP contribution in [0.4, 0.5) is 11.5 Å². The van der Waals surface area contributed by atoms with Crippen molar-refractivity contribution in [3.63, 3.8) is 0 Å². The Bertz CT molecular complexity index is 392. The first-order valence-electron chi connectivity index (χ1n) is 4.70. The van der Waals surface area contributed by atoms with Gasteiger partial charge in [0.25, 0.3) is 0 Å². The van der Waals surface area contributed by atoms with Crippen LogP contribution in [0.5, 0.6) is 0 Å². The lowest BCUT2D eigenvalue weighted by Gasteiger charge is -2.15. The van der Waals surface area contributed by atoms with Crippen LogP contribution in [0.15, 0.2) is 6.20 Å². The van der Waals surface area contributed by atoms with Crippen molar-refractivity contribution >= 4 is 23.3 Å². The molecule has 0 radical (unpaired) electrons. The third-order valence-corrected chi connectivity index (χ3v) is 3.97. The number of nitrogens with two attached hydrogens (primary N) is 1. The fraction of sp³-hybridized carbons (Fsp3) is 0.625. The molecule has 6 nitrogen and oxygen atoms in total. The summed E-state index contributed by atoms with van der Waals surface area (Å²) in [6.07, 6.45) is 2.19. The van der Waals surface area contributed by atoms with Crippen molar-refractivity contribution in [1.29, 1.82) is 0 Å². The molecule has 82 valence electrons. The number of hydrogen-bond acceptors (Lipinski definition) is 5. The predicted molar refractivity (Wildman–Crippen MR) is 58.9 cm³/mol. The Kier molecular flexibility index (Phi) is 2.56. The van der Waals surface area contributed by atoms with E-state index < -0.39 is 4.92 Å². The second-order valence-corrected chi connectivity index (χ2v) is 5.03. The molecule has 1 aromatic heterocycles. The lowest BCUT2D eigenvalue weighted by Crippen LogP contribution is -2.17. The summed E-state index contributed by atoms with van der Waals surface area (Å²) in [5.41, 5.74) is 5.60. The number of aromatic nitrogens is 2. The van der Waals surface area contributed by atoms with Gasteiger partial charge in [-0.25, -0.2) is 4.68 Å². The molecule has 2 unspecified atom stereocenters. The van der Waals surface area contributed by atoms with E-state index in [0.717, 1.165) is 12.2 Å². The number of hydrogen-bond donors (Lipinski definition) is 1. The number of thioether (sulfide) groups is 1. The second kappa shape index (κ2) is 3.73. The van der Waals surface area contributed by atoms with Gasteiger partial charge in [-0.1, -0.05) is 6.92 Å². The van der Waals surface area contributed by atoms with Gasteiger partial charge in [0.15, 0.2) is 0 Å². The molecular weight excluding hydrogens is 216 g/mol. The van der Waals surface area contributed by atoms with Crippen LogP contribution >= 0.6 is 11.8 Å². The molecule has 15 heavy (non-hydrogen) atoms. The summed E-state index contributed by atoms with van der Waals surface area (Å²) in [5.74, 6) is 1.22. The fourth-order valence-electron chi connectivity index (χ4n) is 1.81. The summed E-state index contributed by atoms with van der Waals surface area (Å²) < 4.78 is 1.59. The quantitative estimate of drug-likeness (QED) is 0.611. The van der Waals surface area contributed by atoms with E-state index in [1.54, 1.807) is 4.68 Å². The van der Waals surface area contributed by atoms with E-state index in [1.807, 2.05) is 11.8 Å². The number of anilines is 1. The van der Waals surface area contributed by atoms with E-state index in [1.165, 1.54) is 6.20 Å². The lowest BCUT2D eigenvalue weighted by atomic mass is 10.2. The molecule has 0 aliphatic carbocycles. The first kappa shape index (κ1) is 10.3. The van der Waals surface area contributed by atoms with E-state index in [9.17, 15) is 10.1 Å². The molecular formula is C8H12N4O2S. The van der Waals surface area contributed by atoms with Crippen molar-refractivity contribution in [3.05, 3.63) is 16.3 Å². The summed E-state index contributed by atoms with van der Waals surface area (Å²) in [6.45, 7) is 2.09. The normalized spacial score (nSPS) is 25.7. The smallest absolute Gasteiger partial charge is 0.330 e. The largest absolute Gasteiger partial charge is 0.378 e. The van der Waals surface area contributed by atoms with Crippen molar-refractivity contribution in [1.82, 2.24) is 9.78 Å². The van der Waals surface area contributed by atoms with Crippen molar-refractivity contribution < 1.29 is 4.92 Å². The Balaban J connectivity index is 2.33. The molecule has 7 heteroatoms. The second-order valence-electron chi connectivity index (χ2n) is 3.55. The predicted octanol–water partition coefficient (Wildman–Crippen LogP) is 1.44. The van der Waals surface area contributed by atoms with E-state index in [0.29, 0.717) is 5.25 Å². The maximum absolute atomic E-state index is 10.6. The maximum atomic E-state index is 10.6. The van der Waals surface area contributed by atoms with Gasteiger partial charge in [0.2, 0.25) is 5.82 Å². The summed E-state index contributed by atoms with van der Waals surface area (Å²) >= 11 is 1.84. The zero-order chi connectivity index (χ0) is 11.0. The van der Waals surface area contributed by atoms with E-state index in [4.69, 9.17) is 5.73 Å². The van der Waals surface area contributed by atoms with Gasteiger partial charge in [-0.3, -0.25) is 10.1 Å². The average molecular weight is 228 g/mol. The van der Waals surface area contributed by atoms with Crippen LogP contribution in [0.25, 0.3) is 0 Å². The molecule has 0 spiro atoms. The molecule has 1 aliphatic heterocycles. The van der Waals surface area contributed by atoms with Crippen molar-refractivity contribution in [2.45, 2.75) is 24.6 Å². The van der Waals surface area contributed by atoms with Crippen LogP contribution in [0.1, 0.15) is 19.4 Å². The Morgan fingerprint density at radius 2 is 2.53 bits per heavy atom. The Morgan fingerprint density at radius 3 is 3.00 bits per heavy atom. The molecule has 2 atom stereocenters. The molecule has 2 N–H and O–H groups in total. The van der Waals surface area contributed by atoms with Gasteiger partial charge in [-0.2, -0.15) is 16.9 Å². The molecule has 1 aromatic rings. The minimum atomic E-state index is -0.494. The number of rotatable bonds is 2. The minimum Gasteiger partial charge on any atom is -0.378 e. The highest BCUT2D eigenvalue weighted by Gasteiger charge is 2.30. The van der Waals surface area contributed by atoms with Crippen LogP contribution in [-0.2, 0) is 0 Å². The summed E-state index contributed by atoms with van der Waals surface area (Å²) in [7, 11) is 0. The summed E-state index contributed by atoms with van der Waals surface area (Å²) in [5, 5.41) is 15.0. The molecule has 2 rings (SSSR count). The molecule has 1 saturated heterocycles. The van der Waals surface area contributed by atoms with E-state index >= 15 is 0 Å². The molecule has 1 aliphatic rings. The molecule has 2 heterocycles. The maximum Gasteiger partial charge on any atom is 0.330 e. The first-order chi connectivity index (χ1) is 7.11. The van der Waals surface area contributed by atoms with E-state index in [-0.39, 0.29) is 17.5 Å². The van der Waals surface area contributed by atoms with Gasteiger partial charge < -0.3 is 5.73 Å². The number of nitrogen functional groups attached to an aromatic ring is 1. The van der Waals surface area contributed by atoms with Crippen LogP contribution in [0, 0.1) is 10.1 Å². The monoisotopic (exact) mass is 228 g/mol. The Morgan fingerprint density at radius 1 is 1.80 bits per heavy atom. The van der Waals surface area contributed by atoms with Gasteiger partial charge >= 0.3 is 5.69 Å². The molecule has 1 fully saturated rings. The van der Waals surface area contributed by atoms with Crippen molar-refractivity contribution in [3.8, 4) is 0 Å². The van der Waals surface area contributed by atoms with Crippen LogP contribution < -0.4 is 5.73 Å². The first-order valence-corrected chi connectivity index (χ1v) is 5.75. The SMILES string of the molecule is CC1SCCC1n1ncc([N+](=O)[O-])c1N. The lowest BCUT2D eigenvalue weighted by molar-refractivity contribution is -0.384. The zero-order valence-corrected chi connectivity index (χ0v) is 9.11. The average Bonchev–Trinajstić information content (AvgIpc) is 2.71. The minimum absolute atomic E-state index is 0.0981. The Labute approximate surface area is 91.0 Å². The molecule has 0 saturated carbocycles. The number of nitrogens with zero attached hydrogens (tertiary/aromatic N) is 3. The van der Waals surface area contributed by atoms with Gasteiger partial charge in [-0.15, -0.1) is 0 Å². The highest BCUT2D eigenvalue weighted by molar-refractivity contribution is 8.00. The van der Waals surface area contributed by atoms with Crippen LogP contribution in [-0.4, -0.2) is 25.7 Å². The third-order valence-electron chi connectivity index (χ3n) is 2.66. The summed E-state index contributed by atoms with van der Waals surface area (Å²) in [4.78, 5) is 10.1. The molecule has 0 aromatic carbocycles. The van der Waals surface area contributed by atoms with Gasteiger partial charge in [-0.05, 0) is 12.2 Å². The van der Waals surface area contributed by atoms with Crippen LogP contribution in [0.2, 0.25) is 0 Å². The van der Waals surface area contributed by atoms with Gasteiger partial charge in [0.1, 0.15) is 6.20 Å². The number of nitro groups is 1. The standard InChI is InChI=1S/C8H12N4O2S/c1-5-6(2-3-15-5)11-8(9)7(4-10-11)12(13)14/h4-6H,2-3,9H2,1H3. The topological polar surface area (TPSA) is 87.0 Å². The third kappa shape index (κ3) is 1.67. The molecule has 0 bridgehead atoms.